The number of rotatable bonds is 7. The fraction of sp³-hybridized carbons (Fsp3) is 0.415. The van der Waals surface area contributed by atoms with E-state index in [0.29, 0.717) is 48.9 Å². The van der Waals surface area contributed by atoms with Gasteiger partial charge in [-0.3, -0.25) is 44.0 Å². The first kappa shape index (κ1) is 38.0. The Morgan fingerprint density at radius 2 is 1.60 bits per heavy atom. The standard InChI is InChI=1S/C41H39ClFN9O5S/c42-30-19-27(22-45-32(30)21-44)50-39(57)41(10-1-11-41)52(40(50)58)26-3-5-33(31(43)20-26)49-12-8-24(9-13-49)23-47-14-16-48(17-15-47)25-2-4-28-29(18-25)38(56)51(37(28)55)34-6-7-35(53)46-36(34)54/h2-5,18-20,22,24,34H,1,6-17,23H2,(H,46,53,54). The number of imide groups is 2. The molecule has 58 heavy (non-hydrogen) atoms. The van der Waals surface area contributed by atoms with Crippen LogP contribution in [-0.2, 0) is 14.4 Å². The number of nitrogens with zero attached hydrogens (tertiary/aromatic N) is 8. The van der Waals surface area contributed by atoms with Crippen molar-refractivity contribution in [3.05, 3.63) is 76.3 Å². The van der Waals surface area contributed by atoms with Gasteiger partial charge in [0.1, 0.15) is 23.5 Å². The second-order valence-corrected chi connectivity index (χ2v) is 16.6. The maximum atomic E-state index is 16.0. The summed E-state index contributed by atoms with van der Waals surface area (Å²) in [6.07, 6.45) is 5.42. The van der Waals surface area contributed by atoms with Gasteiger partial charge >= 0.3 is 0 Å². The molecule has 17 heteroatoms. The van der Waals surface area contributed by atoms with E-state index in [0.717, 1.165) is 62.6 Å². The number of anilines is 4. The number of aromatic nitrogens is 1. The van der Waals surface area contributed by atoms with Gasteiger partial charge in [0.15, 0.2) is 10.8 Å². The Hall–Kier alpha value is -5.50. The van der Waals surface area contributed by atoms with Crippen molar-refractivity contribution in [1.29, 1.82) is 5.26 Å². The minimum Gasteiger partial charge on any atom is -0.369 e. The van der Waals surface area contributed by atoms with Crippen LogP contribution in [0.25, 0.3) is 0 Å². The zero-order chi connectivity index (χ0) is 40.5. The fourth-order valence-corrected chi connectivity index (χ4v) is 9.97. The van der Waals surface area contributed by atoms with Crippen molar-refractivity contribution in [3.8, 4) is 6.07 Å². The number of carbonyl (C=O) groups excluding carboxylic acids is 5. The first-order valence-electron chi connectivity index (χ1n) is 19.6. The molecule has 1 unspecified atom stereocenters. The highest BCUT2D eigenvalue weighted by Gasteiger charge is 2.60. The number of piperazine rings is 1. The Morgan fingerprint density at radius 3 is 2.26 bits per heavy atom. The van der Waals surface area contributed by atoms with Crippen LogP contribution >= 0.6 is 23.8 Å². The second-order valence-electron chi connectivity index (χ2n) is 15.8. The molecule has 0 bridgehead atoms. The lowest BCUT2D eigenvalue weighted by atomic mass is 9.75. The number of pyridine rings is 1. The number of piperidine rings is 2. The molecule has 6 aliphatic rings. The van der Waals surface area contributed by atoms with Crippen LogP contribution in [0.2, 0.25) is 5.02 Å². The van der Waals surface area contributed by atoms with Gasteiger partial charge in [-0.05, 0) is 99.1 Å². The van der Waals surface area contributed by atoms with Crippen molar-refractivity contribution in [1.82, 2.24) is 20.1 Å². The first-order chi connectivity index (χ1) is 28.0. The summed E-state index contributed by atoms with van der Waals surface area (Å²) in [7, 11) is 0. The van der Waals surface area contributed by atoms with Gasteiger partial charge in [0.05, 0.1) is 33.7 Å². The quantitative estimate of drug-likeness (QED) is 0.268. The average molecular weight is 824 g/mol. The van der Waals surface area contributed by atoms with Crippen molar-refractivity contribution in [3.63, 3.8) is 0 Å². The SMILES string of the molecule is N#Cc1ncc(N2C(=O)C3(CCC3)N(c3ccc(N4CCC(CN5CCN(c6ccc7c(c6)C(=O)N(C6CCC(=O)NC6=O)C7=O)CC5)CC4)c(F)c3)C2=S)cc1Cl. The fourth-order valence-electron chi connectivity index (χ4n) is 9.30. The van der Waals surface area contributed by atoms with Gasteiger partial charge < -0.3 is 14.7 Å². The van der Waals surface area contributed by atoms with Gasteiger partial charge in [-0.15, -0.1) is 0 Å². The number of fused-ring (bicyclic) bond motifs is 1. The highest BCUT2D eigenvalue weighted by Crippen LogP contribution is 2.48. The van der Waals surface area contributed by atoms with Gasteiger partial charge in [0.25, 0.3) is 17.7 Å². The molecule has 5 fully saturated rings. The van der Waals surface area contributed by atoms with Crippen LogP contribution in [-0.4, -0.2) is 107 Å². The number of thiocarbonyl (C=S) groups is 1. The number of hydrogen-bond acceptors (Lipinski definition) is 11. The van der Waals surface area contributed by atoms with Crippen LogP contribution in [0.4, 0.5) is 27.1 Å². The van der Waals surface area contributed by atoms with Crippen molar-refractivity contribution in [2.75, 3.05) is 65.4 Å². The Bertz CT molecular complexity index is 2340. The van der Waals surface area contributed by atoms with E-state index in [1.54, 1.807) is 23.1 Å². The van der Waals surface area contributed by atoms with E-state index >= 15 is 4.39 Å². The summed E-state index contributed by atoms with van der Waals surface area (Å²) >= 11 is 12.1. The van der Waals surface area contributed by atoms with Crippen molar-refractivity contribution >= 4 is 81.2 Å². The molecule has 298 valence electrons. The molecule has 1 N–H and O–H groups in total. The number of hydrogen-bond donors (Lipinski definition) is 1. The van der Waals surface area contributed by atoms with E-state index in [2.05, 4.69) is 25.0 Å². The minimum absolute atomic E-state index is 0.0515. The predicted molar refractivity (Wildman–Crippen MR) is 216 cm³/mol. The summed E-state index contributed by atoms with van der Waals surface area (Å²) in [5, 5.41) is 11.8. The summed E-state index contributed by atoms with van der Waals surface area (Å²) in [6.45, 7) is 5.51. The lowest BCUT2D eigenvalue weighted by molar-refractivity contribution is -0.136. The normalized spacial score (nSPS) is 22.5. The van der Waals surface area contributed by atoms with E-state index < -0.39 is 35.2 Å². The van der Waals surface area contributed by atoms with Crippen LogP contribution in [0.3, 0.4) is 0 Å². The van der Waals surface area contributed by atoms with Gasteiger partial charge in [0, 0.05) is 63.6 Å². The summed E-state index contributed by atoms with van der Waals surface area (Å²) in [6, 6.07) is 12.8. The number of halogens is 2. The van der Waals surface area contributed by atoms with E-state index in [1.165, 1.54) is 23.2 Å². The van der Waals surface area contributed by atoms with Crippen molar-refractivity contribution < 1.29 is 28.4 Å². The molecule has 1 saturated carbocycles. The minimum atomic E-state index is -0.996. The molecule has 5 aliphatic heterocycles. The molecule has 1 spiro atoms. The number of nitriles is 1. The summed E-state index contributed by atoms with van der Waals surface area (Å²) in [5.41, 5.74) is 1.93. The maximum Gasteiger partial charge on any atom is 0.262 e. The zero-order valence-electron chi connectivity index (χ0n) is 31.5. The lowest BCUT2D eigenvalue weighted by Crippen LogP contribution is -2.55. The summed E-state index contributed by atoms with van der Waals surface area (Å²) in [4.78, 5) is 79.4. The van der Waals surface area contributed by atoms with E-state index in [4.69, 9.17) is 23.8 Å². The second kappa shape index (κ2) is 14.7. The van der Waals surface area contributed by atoms with Crippen molar-refractivity contribution in [2.24, 2.45) is 5.92 Å². The number of carbonyl (C=O) groups is 5. The molecule has 1 atom stereocenters. The van der Waals surface area contributed by atoms with Gasteiger partial charge in [-0.1, -0.05) is 11.6 Å². The van der Waals surface area contributed by atoms with Gasteiger partial charge in [0.2, 0.25) is 11.8 Å². The Balaban J connectivity index is 0.794. The molecule has 1 aliphatic carbocycles. The summed E-state index contributed by atoms with van der Waals surface area (Å²) in [5.74, 6) is -2.19. The molecular weight excluding hydrogens is 785 g/mol. The number of benzene rings is 2. The van der Waals surface area contributed by atoms with E-state index in [9.17, 15) is 29.2 Å². The van der Waals surface area contributed by atoms with Crippen LogP contribution in [0.15, 0.2) is 48.7 Å². The van der Waals surface area contributed by atoms with Crippen molar-refractivity contribution in [2.45, 2.75) is 56.5 Å². The topological polar surface area (TPSA) is 154 Å². The van der Waals surface area contributed by atoms with E-state index in [1.807, 2.05) is 18.2 Å². The zero-order valence-corrected chi connectivity index (χ0v) is 33.0. The third-order valence-electron chi connectivity index (χ3n) is 12.6. The molecule has 6 heterocycles. The highest BCUT2D eigenvalue weighted by atomic mass is 35.5. The highest BCUT2D eigenvalue weighted by molar-refractivity contribution is 7.81. The van der Waals surface area contributed by atoms with Crippen LogP contribution < -0.4 is 24.9 Å². The van der Waals surface area contributed by atoms with Crippen LogP contribution in [0, 0.1) is 23.1 Å². The largest absolute Gasteiger partial charge is 0.369 e. The molecule has 1 aromatic heterocycles. The molecule has 3 aromatic rings. The van der Waals surface area contributed by atoms with Crippen LogP contribution in [0.5, 0.6) is 0 Å². The Labute approximate surface area is 344 Å². The number of amides is 5. The maximum absolute atomic E-state index is 16.0. The lowest BCUT2D eigenvalue weighted by Gasteiger charge is -2.43. The van der Waals surface area contributed by atoms with Crippen LogP contribution in [0.1, 0.15) is 71.4 Å². The first-order valence-corrected chi connectivity index (χ1v) is 20.4. The Kier molecular flexibility index (Phi) is 9.65. The smallest absolute Gasteiger partial charge is 0.262 e. The van der Waals surface area contributed by atoms with Gasteiger partial charge in [-0.2, -0.15) is 5.26 Å². The molecule has 0 radical (unpaired) electrons. The molecule has 5 amide bonds. The third kappa shape index (κ3) is 6.27. The monoisotopic (exact) mass is 823 g/mol. The van der Waals surface area contributed by atoms with E-state index in [-0.39, 0.29) is 51.5 Å². The number of nitrogens with one attached hydrogen (secondary N) is 1. The summed E-state index contributed by atoms with van der Waals surface area (Å²) < 4.78 is 16.0. The molecule has 4 saturated heterocycles. The molecule has 2 aromatic carbocycles. The average Bonchev–Trinajstić information content (AvgIpc) is 3.59. The van der Waals surface area contributed by atoms with Gasteiger partial charge in [-0.25, -0.2) is 9.37 Å². The molecule has 14 nitrogen and oxygen atoms in total. The Morgan fingerprint density at radius 1 is 0.879 bits per heavy atom. The molecular formula is C41H39ClFN9O5S. The molecule has 9 rings (SSSR count). The predicted octanol–water partition coefficient (Wildman–Crippen LogP) is 4.25. The third-order valence-corrected chi connectivity index (χ3v) is 13.3.